The van der Waals surface area contributed by atoms with Crippen LogP contribution < -0.4 is 10.1 Å². The van der Waals surface area contributed by atoms with Gasteiger partial charge in [0.15, 0.2) is 0 Å². The summed E-state index contributed by atoms with van der Waals surface area (Å²) in [6, 6.07) is 3.22. The molecule has 0 aliphatic rings. The van der Waals surface area contributed by atoms with Gasteiger partial charge in [-0.05, 0) is 13.0 Å². The monoisotopic (exact) mass is 253 g/mol. The van der Waals surface area contributed by atoms with E-state index in [0.717, 1.165) is 0 Å². The van der Waals surface area contributed by atoms with Crippen LogP contribution in [0, 0.1) is 0 Å². The van der Waals surface area contributed by atoms with Crippen LogP contribution in [0.15, 0.2) is 18.3 Å². The molecule has 0 saturated heterocycles. The van der Waals surface area contributed by atoms with Crippen molar-refractivity contribution >= 4 is 11.7 Å². The Balaban J connectivity index is 2.57. The summed E-state index contributed by atoms with van der Waals surface area (Å²) in [5, 5.41) is 2.75. The average Bonchev–Trinajstić information content (AvgIpc) is 2.39. The Morgan fingerprint density at radius 2 is 2.22 bits per heavy atom. The first-order valence-corrected chi connectivity index (χ1v) is 5.61. The van der Waals surface area contributed by atoms with Crippen LogP contribution in [0.2, 0.25) is 0 Å². The SMILES string of the molecule is COCC(C)N(C)C(=O)Nc1ccc(OC)nc1. The van der Waals surface area contributed by atoms with E-state index in [9.17, 15) is 4.79 Å². The number of methoxy groups -OCH3 is 2. The molecule has 1 aromatic heterocycles. The third-order valence-corrected chi connectivity index (χ3v) is 2.59. The predicted octanol–water partition coefficient (Wildman–Crippen LogP) is 1.59. The number of nitrogens with one attached hydrogen (secondary N) is 1. The van der Waals surface area contributed by atoms with Crippen molar-refractivity contribution in [1.29, 1.82) is 0 Å². The number of likely N-dealkylation sites (N-methyl/N-ethyl adjacent to an activating group) is 1. The van der Waals surface area contributed by atoms with Crippen LogP contribution in [0.25, 0.3) is 0 Å². The molecule has 0 saturated carbocycles. The molecule has 1 atom stereocenters. The molecule has 0 aromatic carbocycles. The maximum Gasteiger partial charge on any atom is 0.321 e. The molecule has 1 rings (SSSR count). The van der Waals surface area contributed by atoms with Crippen LogP contribution in [-0.2, 0) is 4.74 Å². The van der Waals surface area contributed by atoms with Crippen molar-refractivity contribution in [3.05, 3.63) is 18.3 Å². The fourth-order valence-corrected chi connectivity index (χ4v) is 1.34. The maximum atomic E-state index is 11.9. The minimum atomic E-state index is -0.202. The van der Waals surface area contributed by atoms with E-state index in [2.05, 4.69) is 10.3 Å². The van der Waals surface area contributed by atoms with Crippen molar-refractivity contribution < 1.29 is 14.3 Å². The van der Waals surface area contributed by atoms with Crippen molar-refractivity contribution in [2.45, 2.75) is 13.0 Å². The molecule has 6 heteroatoms. The summed E-state index contributed by atoms with van der Waals surface area (Å²) in [4.78, 5) is 17.5. The number of nitrogens with zero attached hydrogens (tertiary/aromatic N) is 2. The zero-order chi connectivity index (χ0) is 13.5. The lowest BCUT2D eigenvalue weighted by Gasteiger charge is -2.24. The van der Waals surface area contributed by atoms with Gasteiger partial charge in [0.2, 0.25) is 5.88 Å². The summed E-state index contributed by atoms with van der Waals surface area (Å²) in [5.41, 5.74) is 0.622. The molecule has 1 unspecified atom stereocenters. The van der Waals surface area contributed by atoms with E-state index in [1.54, 1.807) is 44.5 Å². The number of urea groups is 1. The molecule has 0 aliphatic carbocycles. The first-order chi connectivity index (χ1) is 8.58. The van der Waals surface area contributed by atoms with Gasteiger partial charge in [0.1, 0.15) is 0 Å². The van der Waals surface area contributed by atoms with E-state index < -0.39 is 0 Å². The topological polar surface area (TPSA) is 63.7 Å². The number of rotatable bonds is 5. The number of amides is 2. The standard InChI is InChI=1S/C12H19N3O3/c1-9(8-17-3)15(2)12(16)14-10-5-6-11(18-4)13-7-10/h5-7,9H,8H2,1-4H3,(H,14,16). The number of hydrogen-bond donors (Lipinski definition) is 1. The third-order valence-electron chi connectivity index (χ3n) is 2.59. The van der Waals surface area contributed by atoms with Crippen LogP contribution in [0.5, 0.6) is 5.88 Å². The van der Waals surface area contributed by atoms with Gasteiger partial charge in [-0.1, -0.05) is 0 Å². The molecule has 1 N–H and O–H groups in total. The molecule has 2 amide bonds. The molecule has 0 aliphatic heterocycles. The van der Waals surface area contributed by atoms with Crippen LogP contribution >= 0.6 is 0 Å². The minimum Gasteiger partial charge on any atom is -0.481 e. The van der Waals surface area contributed by atoms with Crippen LogP contribution in [0.4, 0.5) is 10.5 Å². The van der Waals surface area contributed by atoms with Crippen molar-refractivity contribution in [2.75, 3.05) is 33.2 Å². The molecule has 0 bridgehead atoms. The smallest absolute Gasteiger partial charge is 0.321 e. The van der Waals surface area contributed by atoms with Crippen LogP contribution in [0.1, 0.15) is 6.92 Å². The Morgan fingerprint density at radius 3 is 2.72 bits per heavy atom. The zero-order valence-corrected chi connectivity index (χ0v) is 11.1. The molecular formula is C12H19N3O3. The largest absolute Gasteiger partial charge is 0.481 e. The fourth-order valence-electron chi connectivity index (χ4n) is 1.34. The van der Waals surface area contributed by atoms with E-state index in [4.69, 9.17) is 9.47 Å². The number of aromatic nitrogens is 1. The molecule has 0 radical (unpaired) electrons. The highest BCUT2D eigenvalue weighted by molar-refractivity contribution is 5.89. The summed E-state index contributed by atoms with van der Waals surface area (Å²) in [7, 11) is 4.87. The molecule has 1 aromatic rings. The molecule has 6 nitrogen and oxygen atoms in total. The van der Waals surface area contributed by atoms with Gasteiger partial charge in [0.25, 0.3) is 0 Å². The highest BCUT2D eigenvalue weighted by atomic mass is 16.5. The molecule has 18 heavy (non-hydrogen) atoms. The van der Waals surface area contributed by atoms with Crippen molar-refractivity contribution in [3.63, 3.8) is 0 Å². The normalized spacial score (nSPS) is 11.8. The number of ether oxygens (including phenoxy) is 2. The lowest BCUT2D eigenvalue weighted by atomic mass is 10.3. The van der Waals surface area contributed by atoms with E-state index in [1.165, 1.54) is 0 Å². The number of anilines is 1. The van der Waals surface area contributed by atoms with Crippen molar-refractivity contribution in [1.82, 2.24) is 9.88 Å². The number of carbonyl (C=O) groups excluding carboxylic acids is 1. The first-order valence-electron chi connectivity index (χ1n) is 5.61. The van der Waals surface area contributed by atoms with Gasteiger partial charge in [0, 0.05) is 20.2 Å². The van der Waals surface area contributed by atoms with Crippen LogP contribution in [0.3, 0.4) is 0 Å². The molecule has 1 heterocycles. The zero-order valence-electron chi connectivity index (χ0n) is 11.1. The second kappa shape index (κ2) is 6.80. The summed E-state index contributed by atoms with van der Waals surface area (Å²) in [6.07, 6.45) is 1.55. The Labute approximate surface area is 107 Å². The van der Waals surface area contributed by atoms with Gasteiger partial charge in [0.05, 0.1) is 31.6 Å². The molecule has 0 fully saturated rings. The van der Waals surface area contributed by atoms with Gasteiger partial charge in [-0.3, -0.25) is 0 Å². The van der Waals surface area contributed by atoms with Gasteiger partial charge < -0.3 is 19.7 Å². The number of carbonyl (C=O) groups is 1. The quantitative estimate of drug-likeness (QED) is 0.865. The van der Waals surface area contributed by atoms with E-state index in [0.29, 0.717) is 18.2 Å². The lowest BCUT2D eigenvalue weighted by molar-refractivity contribution is 0.128. The second-order valence-electron chi connectivity index (χ2n) is 3.93. The van der Waals surface area contributed by atoms with Gasteiger partial charge in [-0.15, -0.1) is 0 Å². The van der Waals surface area contributed by atoms with Crippen LogP contribution in [-0.4, -0.2) is 49.8 Å². The highest BCUT2D eigenvalue weighted by Crippen LogP contribution is 2.11. The van der Waals surface area contributed by atoms with E-state index in [1.807, 2.05) is 6.92 Å². The summed E-state index contributed by atoms with van der Waals surface area (Å²) >= 11 is 0. The summed E-state index contributed by atoms with van der Waals surface area (Å²) in [6.45, 7) is 2.40. The third kappa shape index (κ3) is 3.89. The first kappa shape index (κ1) is 14.2. The number of hydrogen-bond acceptors (Lipinski definition) is 4. The summed E-state index contributed by atoms with van der Waals surface area (Å²) < 4.78 is 9.95. The maximum absolute atomic E-state index is 11.9. The molecular weight excluding hydrogens is 234 g/mol. The highest BCUT2D eigenvalue weighted by Gasteiger charge is 2.15. The van der Waals surface area contributed by atoms with Gasteiger partial charge in [-0.2, -0.15) is 0 Å². The lowest BCUT2D eigenvalue weighted by Crippen LogP contribution is -2.40. The second-order valence-corrected chi connectivity index (χ2v) is 3.93. The molecule has 100 valence electrons. The predicted molar refractivity (Wildman–Crippen MR) is 68.9 cm³/mol. The average molecular weight is 253 g/mol. The Hall–Kier alpha value is -1.82. The number of pyridine rings is 1. The van der Waals surface area contributed by atoms with Gasteiger partial charge in [-0.25, -0.2) is 9.78 Å². The Morgan fingerprint density at radius 1 is 1.50 bits per heavy atom. The minimum absolute atomic E-state index is 0.00112. The van der Waals surface area contributed by atoms with Crippen molar-refractivity contribution in [3.8, 4) is 5.88 Å². The van der Waals surface area contributed by atoms with Crippen molar-refractivity contribution in [2.24, 2.45) is 0 Å². The summed E-state index contributed by atoms with van der Waals surface area (Å²) in [5.74, 6) is 0.508. The Bertz CT molecular complexity index is 381. The van der Waals surface area contributed by atoms with Gasteiger partial charge >= 0.3 is 6.03 Å². The fraction of sp³-hybridized carbons (Fsp3) is 0.500. The van der Waals surface area contributed by atoms with E-state index in [-0.39, 0.29) is 12.1 Å². The molecule has 0 spiro atoms. The Kier molecular flexibility index (Phi) is 5.38. The van der Waals surface area contributed by atoms with E-state index >= 15 is 0 Å².